The van der Waals surface area contributed by atoms with Gasteiger partial charge in [0.05, 0.1) is 12.0 Å². The molecule has 6 heteroatoms. The molecule has 6 nitrogen and oxygen atoms in total. The average molecular weight is 264 g/mol. The van der Waals surface area contributed by atoms with Gasteiger partial charge in [0.15, 0.2) is 5.75 Å². The molecule has 0 aromatic heterocycles. The molecule has 1 aliphatic rings. The highest BCUT2D eigenvalue weighted by molar-refractivity contribution is 5.95. The van der Waals surface area contributed by atoms with Crippen LogP contribution in [0.1, 0.15) is 30.1 Å². The standard InChI is InChI=1S/C13H16N2O4/c1-8(9-3-4-9)14-13(16)10-5-6-12(19-2)11(7-10)15(17)18/h5-9H,3-4H2,1-2H3,(H,14,16). The summed E-state index contributed by atoms with van der Waals surface area (Å²) >= 11 is 0. The van der Waals surface area contributed by atoms with Crippen LogP contribution in [-0.2, 0) is 0 Å². The molecule has 0 bridgehead atoms. The number of nitro groups is 1. The van der Waals surface area contributed by atoms with Crippen LogP contribution >= 0.6 is 0 Å². The number of nitrogens with zero attached hydrogens (tertiary/aromatic N) is 1. The van der Waals surface area contributed by atoms with Gasteiger partial charge in [0.25, 0.3) is 5.91 Å². The van der Waals surface area contributed by atoms with Crippen molar-refractivity contribution < 1.29 is 14.5 Å². The number of hydrogen-bond acceptors (Lipinski definition) is 4. The van der Waals surface area contributed by atoms with Gasteiger partial charge in [0.2, 0.25) is 0 Å². The number of carbonyl (C=O) groups excluding carboxylic acids is 1. The van der Waals surface area contributed by atoms with Crippen molar-refractivity contribution in [3.63, 3.8) is 0 Å². The Morgan fingerprint density at radius 1 is 1.53 bits per heavy atom. The fraction of sp³-hybridized carbons (Fsp3) is 0.462. The van der Waals surface area contributed by atoms with Crippen LogP contribution in [0.25, 0.3) is 0 Å². The third-order valence-electron chi connectivity index (χ3n) is 3.33. The SMILES string of the molecule is COc1ccc(C(=O)NC(C)C2CC2)cc1[N+](=O)[O-]. The molecule has 1 N–H and O–H groups in total. The Bertz CT molecular complexity index is 511. The summed E-state index contributed by atoms with van der Waals surface area (Å²) in [6, 6.07) is 4.32. The fourth-order valence-corrected chi connectivity index (χ4v) is 1.98. The Morgan fingerprint density at radius 2 is 2.21 bits per heavy atom. The fourth-order valence-electron chi connectivity index (χ4n) is 1.98. The van der Waals surface area contributed by atoms with Crippen molar-refractivity contribution in [2.45, 2.75) is 25.8 Å². The second kappa shape index (κ2) is 5.26. The van der Waals surface area contributed by atoms with E-state index in [1.807, 2.05) is 6.92 Å². The largest absolute Gasteiger partial charge is 0.490 e. The molecule has 0 spiro atoms. The summed E-state index contributed by atoms with van der Waals surface area (Å²) in [5.41, 5.74) is 0.0780. The van der Waals surface area contributed by atoms with Gasteiger partial charge < -0.3 is 10.1 Å². The van der Waals surface area contributed by atoms with Gasteiger partial charge in [-0.25, -0.2) is 0 Å². The first-order valence-electron chi connectivity index (χ1n) is 6.16. The zero-order valence-corrected chi connectivity index (χ0v) is 10.9. The lowest BCUT2D eigenvalue weighted by molar-refractivity contribution is -0.385. The van der Waals surface area contributed by atoms with Crippen molar-refractivity contribution in [3.8, 4) is 5.75 Å². The number of hydrogen-bond donors (Lipinski definition) is 1. The monoisotopic (exact) mass is 264 g/mol. The summed E-state index contributed by atoms with van der Waals surface area (Å²) < 4.78 is 4.90. The first-order chi connectivity index (χ1) is 9.02. The number of nitro benzene ring substituents is 1. The molecule has 0 aliphatic heterocycles. The zero-order chi connectivity index (χ0) is 14.0. The molecule has 2 rings (SSSR count). The average Bonchev–Trinajstić information content (AvgIpc) is 3.21. The minimum Gasteiger partial charge on any atom is -0.490 e. The summed E-state index contributed by atoms with van der Waals surface area (Å²) in [5, 5.41) is 13.7. The Balaban J connectivity index is 2.17. The summed E-state index contributed by atoms with van der Waals surface area (Å²) in [6.07, 6.45) is 2.26. The van der Waals surface area contributed by atoms with Crippen molar-refractivity contribution in [2.75, 3.05) is 7.11 Å². The van der Waals surface area contributed by atoms with Crippen molar-refractivity contribution in [1.82, 2.24) is 5.32 Å². The number of benzene rings is 1. The number of methoxy groups -OCH3 is 1. The number of rotatable bonds is 5. The van der Waals surface area contributed by atoms with Crippen molar-refractivity contribution in [1.29, 1.82) is 0 Å². The maximum Gasteiger partial charge on any atom is 0.311 e. The van der Waals surface area contributed by atoms with E-state index in [0.717, 1.165) is 12.8 Å². The van der Waals surface area contributed by atoms with E-state index in [2.05, 4.69) is 5.32 Å². The third-order valence-corrected chi connectivity index (χ3v) is 3.33. The molecule has 1 unspecified atom stereocenters. The molecule has 0 radical (unpaired) electrons. The van der Waals surface area contributed by atoms with Gasteiger partial charge in [-0.2, -0.15) is 0 Å². The van der Waals surface area contributed by atoms with Crippen LogP contribution in [0.15, 0.2) is 18.2 Å². The van der Waals surface area contributed by atoms with Crippen molar-refractivity contribution in [2.24, 2.45) is 5.92 Å². The molecule has 0 heterocycles. The molecule has 1 saturated carbocycles. The lowest BCUT2D eigenvalue weighted by atomic mass is 10.1. The van der Waals surface area contributed by atoms with Gasteiger partial charge in [-0.1, -0.05) is 0 Å². The zero-order valence-electron chi connectivity index (χ0n) is 10.9. The molecular formula is C13H16N2O4. The third kappa shape index (κ3) is 3.01. The van der Waals surface area contributed by atoms with E-state index in [0.29, 0.717) is 5.92 Å². The predicted molar refractivity (Wildman–Crippen MR) is 69.3 cm³/mol. The first-order valence-corrected chi connectivity index (χ1v) is 6.16. The number of nitrogens with one attached hydrogen (secondary N) is 1. The van der Waals surface area contributed by atoms with E-state index >= 15 is 0 Å². The highest BCUT2D eigenvalue weighted by atomic mass is 16.6. The van der Waals surface area contributed by atoms with E-state index in [9.17, 15) is 14.9 Å². The molecule has 1 aromatic carbocycles. The van der Waals surface area contributed by atoms with E-state index in [1.165, 1.54) is 25.3 Å². The van der Waals surface area contributed by atoms with E-state index in [1.54, 1.807) is 0 Å². The lowest BCUT2D eigenvalue weighted by Gasteiger charge is -2.12. The summed E-state index contributed by atoms with van der Waals surface area (Å²) in [4.78, 5) is 22.3. The second-order valence-corrected chi connectivity index (χ2v) is 4.74. The van der Waals surface area contributed by atoms with Crippen LogP contribution in [0.4, 0.5) is 5.69 Å². The van der Waals surface area contributed by atoms with Crippen LogP contribution < -0.4 is 10.1 Å². The minimum absolute atomic E-state index is 0.105. The molecule has 1 aliphatic carbocycles. The lowest BCUT2D eigenvalue weighted by Crippen LogP contribution is -2.33. The second-order valence-electron chi connectivity index (χ2n) is 4.74. The van der Waals surface area contributed by atoms with Crippen LogP contribution in [0, 0.1) is 16.0 Å². The molecule has 1 atom stereocenters. The van der Waals surface area contributed by atoms with E-state index < -0.39 is 4.92 Å². The van der Waals surface area contributed by atoms with E-state index in [4.69, 9.17) is 4.74 Å². The van der Waals surface area contributed by atoms with Gasteiger partial charge in [-0.05, 0) is 37.8 Å². The number of carbonyl (C=O) groups is 1. The highest BCUT2D eigenvalue weighted by Crippen LogP contribution is 2.32. The molecule has 1 amide bonds. The Morgan fingerprint density at radius 3 is 2.74 bits per heavy atom. The quantitative estimate of drug-likeness (QED) is 0.652. The summed E-state index contributed by atoms with van der Waals surface area (Å²) in [6.45, 7) is 1.95. The predicted octanol–water partition coefficient (Wildman–Crippen LogP) is 2.13. The summed E-state index contributed by atoms with van der Waals surface area (Å²) in [5.74, 6) is 0.402. The van der Waals surface area contributed by atoms with Crippen molar-refractivity contribution in [3.05, 3.63) is 33.9 Å². The first kappa shape index (κ1) is 13.3. The number of ether oxygens (including phenoxy) is 1. The normalized spacial score (nSPS) is 15.7. The topological polar surface area (TPSA) is 81.5 Å². The minimum atomic E-state index is -0.556. The highest BCUT2D eigenvalue weighted by Gasteiger charge is 2.29. The van der Waals surface area contributed by atoms with Gasteiger partial charge in [-0.15, -0.1) is 0 Å². The van der Waals surface area contributed by atoms with Gasteiger partial charge in [0, 0.05) is 17.7 Å². The van der Waals surface area contributed by atoms with Crippen LogP contribution in [0.3, 0.4) is 0 Å². The van der Waals surface area contributed by atoms with Crippen LogP contribution in [-0.4, -0.2) is 24.0 Å². The maximum atomic E-state index is 12.0. The Kier molecular flexibility index (Phi) is 3.69. The molecule has 1 fully saturated rings. The molecular weight excluding hydrogens is 248 g/mol. The molecule has 19 heavy (non-hydrogen) atoms. The van der Waals surface area contributed by atoms with E-state index in [-0.39, 0.29) is 28.9 Å². The van der Waals surface area contributed by atoms with Crippen LogP contribution in [0.5, 0.6) is 5.75 Å². The smallest absolute Gasteiger partial charge is 0.311 e. The number of amides is 1. The molecule has 0 saturated heterocycles. The van der Waals surface area contributed by atoms with Gasteiger partial charge >= 0.3 is 5.69 Å². The van der Waals surface area contributed by atoms with Gasteiger partial charge in [-0.3, -0.25) is 14.9 Å². The van der Waals surface area contributed by atoms with Crippen molar-refractivity contribution >= 4 is 11.6 Å². The van der Waals surface area contributed by atoms with Gasteiger partial charge in [0.1, 0.15) is 0 Å². The maximum absolute atomic E-state index is 12.0. The molecule has 102 valence electrons. The van der Waals surface area contributed by atoms with Crippen LogP contribution in [0.2, 0.25) is 0 Å². The Labute approximate surface area is 110 Å². The summed E-state index contributed by atoms with van der Waals surface area (Å²) in [7, 11) is 1.36. The molecule has 1 aromatic rings. The Hall–Kier alpha value is -2.11.